The van der Waals surface area contributed by atoms with Crippen molar-refractivity contribution in [1.29, 1.82) is 0 Å². The van der Waals surface area contributed by atoms with E-state index in [2.05, 4.69) is 22.9 Å². The Balaban J connectivity index is 3.00. The fraction of sp³-hybridized carbons (Fsp3) is 0.400. The number of ether oxygens (including phenoxy) is 2. The summed E-state index contributed by atoms with van der Waals surface area (Å²) < 4.78 is 11.6. The summed E-state index contributed by atoms with van der Waals surface area (Å²) in [6.45, 7) is 6.61. The van der Waals surface area contributed by atoms with E-state index in [-0.39, 0.29) is 5.97 Å². The highest BCUT2D eigenvalue weighted by Gasteiger charge is 2.08. The van der Waals surface area contributed by atoms with Crippen molar-refractivity contribution < 1.29 is 14.3 Å². The maximum atomic E-state index is 11.6. The number of carbonyl (C=O) groups excluding carboxylic acids is 1. The molecule has 0 aromatic heterocycles. The number of esters is 1. The predicted molar refractivity (Wildman–Crippen MR) is 80.2 cm³/mol. The van der Waals surface area contributed by atoms with Crippen LogP contribution in [0.2, 0.25) is 0 Å². The second kappa shape index (κ2) is 8.00. The first-order valence-electron chi connectivity index (χ1n) is 6.36. The molecule has 0 fully saturated rings. The molecule has 0 bridgehead atoms. The fourth-order valence-corrected chi connectivity index (χ4v) is 1.89. The lowest BCUT2D eigenvalue weighted by Crippen LogP contribution is -2.05. The van der Waals surface area contributed by atoms with Crippen LogP contribution in [0, 0.1) is 0 Å². The van der Waals surface area contributed by atoms with Crippen LogP contribution in [0.1, 0.15) is 32.8 Å². The molecular formula is C15H19BrO3. The van der Waals surface area contributed by atoms with Gasteiger partial charge in [-0.1, -0.05) is 22.9 Å². The molecule has 0 atom stereocenters. The molecule has 0 unspecified atom stereocenters. The summed E-state index contributed by atoms with van der Waals surface area (Å²) in [4.78, 5) is 11.6. The van der Waals surface area contributed by atoms with Crippen molar-refractivity contribution in [2.24, 2.45) is 0 Å². The van der Waals surface area contributed by atoms with Crippen LogP contribution in [0.15, 0.2) is 28.2 Å². The third kappa shape index (κ3) is 5.07. The Morgan fingerprint density at radius 1 is 1.37 bits per heavy atom. The van der Waals surface area contributed by atoms with Gasteiger partial charge in [0.2, 0.25) is 0 Å². The zero-order valence-corrected chi connectivity index (χ0v) is 13.1. The summed E-state index contributed by atoms with van der Waals surface area (Å²) >= 11 is 3.42. The summed E-state index contributed by atoms with van der Waals surface area (Å²) in [5.41, 5.74) is 1.43. The van der Waals surface area contributed by atoms with Crippen LogP contribution < -0.4 is 4.74 Å². The normalized spacial score (nSPS) is 11.3. The standard InChI is InChI=1S/C15H19BrO3/c1-4-8-19-14-7-6-13(16)10-12(14)9-11(3)15(17)18-5-2/h6-7,9-10H,4-5,8H2,1-3H3/b11-9-. The molecule has 1 aromatic carbocycles. The topological polar surface area (TPSA) is 35.5 Å². The Morgan fingerprint density at radius 2 is 2.11 bits per heavy atom. The molecule has 0 aliphatic carbocycles. The Morgan fingerprint density at radius 3 is 2.74 bits per heavy atom. The third-order valence-corrected chi connectivity index (χ3v) is 2.90. The van der Waals surface area contributed by atoms with Gasteiger partial charge in [0, 0.05) is 15.6 Å². The Labute approximate surface area is 122 Å². The van der Waals surface area contributed by atoms with Crippen molar-refractivity contribution >= 4 is 28.0 Å². The van der Waals surface area contributed by atoms with E-state index >= 15 is 0 Å². The van der Waals surface area contributed by atoms with Gasteiger partial charge in [0.1, 0.15) is 5.75 Å². The molecule has 19 heavy (non-hydrogen) atoms. The molecule has 0 radical (unpaired) electrons. The Bertz CT molecular complexity index is 466. The van der Waals surface area contributed by atoms with Gasteiger partial charge in [-0.15, -0.1) is 0 Å². The van der Waals surface area contributed by atoms with E-state index in [1.54, 1.807) is 19.9 Å². The van der Waals surface area contributed by atoms with Crippen molar-refractivity contribution in [2.45, 2.75) is 27.2 Å². The van der Waals surface area contributed by atoms with E-state index in [9.17, 15) is 4.79 Å². The Hall–Kier alpha value is -1.29. The number of carbonyl (C=O) groups is 1. The van der Waals surface area contributed by atoms with E-state index in [1.165, 1.54) is 0 Å². The summed E-state index contributed by atoms with van der Waals surface area (Å²) in [6, 6.07) is 5.74. The molecule has 0 saturated carbocycles. The molecule has 0 spiro atoms. The van der Waals surface area contributed by atoms with Crippen molar-refractivity contribution in [1.82, 2.24) is 0 Å². The largest absolute Gasteiger partial charge is 0.493 e. The molecule has 0 aliphatic heterocycles. The van der Waals surface area contributed by atoms with E-state index in [0.717, 1.165) is 22.2 Å². The quantitative estimate of drug-likeness (QED) is 0.580. The fourth-order valence-electron chi connectivity index (χ4n) is 1.51. The molecule has 1 aromatic rings. The summed E-state index contributed by atoms with van der Waals surface area (Å²) in [7, 11) is 0. The van der Waals surface area contributed by atoms with Crippen molar-refractivity contribution in [3.05, 3.63) is 33.8 Å². The van der Waals surface area contributed by atoms with Crippen LogP contribution in [0.5, 0.6) is 5.75 Å². The van der Waals surface area contributed by atoms with Gasteiger partial charge in [-0.3, -0.25) is 0 Å². The SMILES string of the molecule is CCCOc1ccc(Br)cc1/C=C(/C)C(=O)OCC. The molecule has 4 heteroatoms. The first-order valence-corrected chi connectivity index (χ1v) is 7.15. The second-order valence-corrected chi connectivity index (χ2v) is 4.99. The van der Waals surface area contributed by atoms with Gasteiger partial charge in [-0.2, -0.15) is 0 Å². The van der Waals surface area contributed by atoms with Crippen LogP contribution in [0.4, 0.5) is 0 Å². The summed E-state index contributed by atoms with van der Waals surface area (Å²) in [5, 5.41) is 0. The van der Waals surface area contributed by atoms with Gasteiger partial charge in [0.05, 0.1) is 13.2 Å². The zero-order valence-electron chi connectivity index (χ0n) is 11.5. The van der Waals surface area contributed by atoms with Crippen molar-refractivity contribution in [3.63, 3.8) is 0 Å². The zero-order chi connectivity index (χ0) is 14.3. The lowest BCUT2D eigenvalue weighted by molar-refractivity contribution is -0.138. The van der Waals surface area contributed by atoms with E-state index < -0.39 is 0 Å². The summed E-state index contributed by atoms with van der Waals surface area (Å²) in [5.74, 6) is 0.470. The number of halogens is 1. The lowest BCUT2D eigenvalue weighted by atomic mass is 10.1. The van der Waals surface area contributed by atoms with Crippen LogP contribution in [-0.2, 0) is 9.53 Å². The molecule has 3 nitrogen and oxygen atoms in total. The van der Waals surface area contributed by atoms with E-state index in [1.807, 2.05) is 18.2 Å². The van der Waals surface area contributed by atoms with Gasteiger partial charge in [0.25, 0.3) is 0 Å². The minimum Gasteiger partial charge on any atom is -0.493 e. The molecule has 0 aliphatic rings. The third-order valence-electron chi connectivity index (χ3n) is 2.40. The van der Waals surface area contributed by atoms with Crippen LogP contribution in [0.25, 0.3) is 6.08 Å². The minimum absolute atomic E-state index is 0.302. The maximum absolute atomic E-state index is 11.6. The highest BCUT2D eigenvalue weighted by molar-refractivity contribution is 9.10. The first kappa shape index (κ1) is 15.8. The van der Waals surface area contributed by atoms with Crippen molar-refractivity contribution in [2.75, 3.05) is 13.2 Å². The molecule has 0 amide bonds. The van der Waals surface area contributed by atoms with Gasteiger partial charge in [-0.05, 0) is 44.5 Å². The predicted octanol–water partition coefficient (Wildman–Crippen LogP) is 4.20. The average Bonchev–Trinajstić information content (AvgIpc) is 2.38. The van der Waals surface area contributed by atoms with Gasteiger partial charge >= 0.3 is 5.97 Å². The first-order chi connectivity index (χ1) is 9.08. The highest BCUT2D eigenvalue weighted by atomic mass is 79.9. The lowest BCUT2D eigenvalue weighted by Gasteiger charge is -2.09. The van der Waals surface area contributed by atoms with Crippen molar-refractivity contribution in [3.8, 4) is 5.75 Å². The molecule has 0 saturated heterocycles. The molecular weight excluding hydrogens is 308 g/mol. The van der Waals surface area contributed by atoms with Gasteiger partial charge in [0.15, 0.2) is 0 Å². The molecule has 1 rings (SSSR count). The minimum atomic E-state index is -0.302. The molecule has 104 valence electrons. The number of hydrogen-bond acceptors (Lipinski definition) is 3. The maximum Gasteiger partial charge on any atom is 0.333 e. The van der Waals surface area contributed by atoms with Crippen LogP contribution in [0.3, 0.4) is 0 Å². The van der Waals surface area contributed by atoms with E-state index in [4.69, 9.17) is 9.47 Å². The Kier molecular flexibility index (Phi) is 6.64. The molecule has 0 heterocycles. The van der Waals surface area contributed by atoms with Gasteiger partial charge in [-0.25, -0.2) is 4.79 Å². The molecule has 0 N–H and O–H groups in total. The smallest absolute Gasteiger partial charge is 0.333 e. The van der Waals surface area contributed by atoms with E-state index in [0.29, 0.717) is 18.8 Å². The monoisotopic (exact) mass is 326 g/mol. The number of hydrogen-bond donors (Lipinski definition) is 0. The van der Waals surface area contributed by atoms with Crippen LogP contribution >= 0.6 is 15.9 Å². The number of benzene rings is 1. The average molecular weight is 327 g/mol. The second-order valence-electron chi connectivity index (χ2n) is 4.08. The highest BCUT2D eigenvalue weighted by Crippen LogP contribution is 2.26. The number of rotatable bonds is 6. The van der Waals surface area contributed by atoms with Gasteiger partial charge < -0.3 is 9.47 Å². The summed E-state index contributed by atoms with van der Waals surface area (Å²) in [6.07, 6.45) is 2.73. The van der Waals surface area contributed by atoms with Crippen LogP contribution in [-0.4, -0.2) is 19.2 Å².